The summed E-state index contributed by atoms with van der Waals surface area (Å²) in [6.07, 6.45) is 1.66. The van der Waals surface area contributed by atoms with Gasteiger partial charge < -0.3 is 14.6 Å². The Labute approximate surface area is 124 Å². The summed E-state index contributed by atoms with van der Waals surface area (Å²) in [5.74, 6) is 0.501. The van der Waals surface area contributed by atoms with Crippen molar-refractivity contribution in [2.75, 3.05) is 19.4 Å². The topological polar surface area (TPSA) is 71.3 Å². The fraction of sp³-hybridized carbons (Fsp3) is 0.400. The van der Waals surface area contributed by atoms with Crippen LogP contribution in [0, 0.1) is 0 Å². The van der Waals surface area contributed by atoms with Crippen molar-refractivity contribution in [3.63, 3.8) is 0 Å². The van der Waals surface area contributed by atoms with E-state index in [2.05, 4.69) is 15.5 Å². The average Bonchev–Trinajstić information content (AvgIpc) is 2.93. The molecule has 1 aromatic carbocycles. The molecule has 1 atom stereocenters. The fourth-order valence-corrected chi connectivity index (χ4v) is 1.94. The normalized spacial score (nSPS) is 12.0. The number of rotatable bonds is 6. The zero-order valence-electron chi connectivity index (χ0n) is 12.5. The van der Waals surface area contributed by atoms with E-state index in [1.165, 1.54) is 4.90 Å². The Morgan fingerprint density at radius 2 is 2.00 bits per heavy atom. The lowest BCUT2D eigenvalue weighted by atomic mass is 10.1. The van der Waals surface area contributed by atoms with E-state index in [-0.39, 0.29) is 11.9 Å². The van der Waals surface area contributed by atoms with E-state index < -0.39 is 6.04 Å². The second kappa shape index (κ2) is 6.88. The Balaban J connectivity index is 2.21. The Bertz CT molecular complexity index is 580. The van der Waals surface area contributed by atoms with E-state index in [0.717, 1.165) is 18.4 Å². The van der Waals surface area contributed by atoms with E-state index in [0.29, 0.717) is 5.89 Å². The minimum absolute atomic E-state index is 0.0727. The molecule has 0 spiro atoms. The number of nitrogens with one attached hydrogen (secondary N) is 1. The predicted octanol–water partition coefficient (Wildman–Crippen LogP) is 2.26. The van der Waals surface area contributed by atoms with Crippen LogP contribution in [-0.4, -0.2) is 35.1 Å². The zero-order chi connectivity index (χ0) is 15.2. The molecule has 21 heavy (non-hydrogen) atoms. The van der Waals surface area contributed by atoms with Crippen LogP contribution in [0.15, 0.2) is 34.7 Å². The second-order valence-corrected chi connectivity index (χ2v) is 4.97. The minimum Gasteiger partial charge on any atom is -0.408 e. The second-order valence-electron chi connectivity index (χ2n) is 4.97. The summed E-state index contributed by atoms with van der Waals surface area (Å²) in [6, 6.07) is 9.20. The molecule has 0 radical (unpaired) electrons. The molecule has 0 bridgehead atoms. The summed E-state index contributed by atoms with van der Waals surface area (Å²) in [4.78, 5) is 13.9. The van der Waals surface area contributed by atoms with Crippen LogP contribution in [-0.2, 0) is 11.2 Å². The summed E-state index contributed by atoms with van der Waals surface area (Å²) in [5, 5.41) is 10.9. The van der Waals surface area contributed by atoms with Crippen molar-refractivity contribution in [2.24, 2.45) is 0 Å². The van der Waals surface area contributed by atoms with Crippen LogP contribution in [0.1, 0.15) is 30.8 Å². The molecule has 1 heterocycles. The van der Waals surface area contributed by atoms with Crippen LogP contribution in [0.3, 0.4) is 0 Å². The number of carbonyl (C=O) groups excluding carboxylic acids is 1. The van der Waals surface area contributed by atoms with Gasteiger partial charge in [-0.15, -0.1) is 5.10 Å². The van der Waals surface area contributed by atoms with Crippen LogP contribution in [0.25, 0.3) is 0 Å². The van der Waals surface area contributed by atoms with E-state index in [1.54, 1.807) is 14.1 Å². The summed E-state index contributed by atoms with van der Waals surface area (Å²) in [7, 11) is 3.44. The number of hydrogen-bond donors (Lipinski definition) is 1. The Hall–Kier alpha value is -2.37. The van der Waals surface area contributed by atoms with Crippen molar-refractivity contribution >= 4 is 11.9 Å². The Morgan fingerprint density at radius 1 is 1.29 bits per heavy atom. The van der Waals surface area contributed by atoms with Gasteiger partial charge in [-0.2, -0.15) is 0 Å². The van der Waals surface area contributed by atoms with Gasteiger partial charge in [0, 0.05) is 20.5 Å². The third-order valence-electron chi connectivity index (χ3n) is 3.02. The molecular formula is C15H20N4O2. The molecule has 6 nitrogen and oxygen atoms in total. The highest BCUT2D eigenvalue weighted by molar-refractivity contribution is 5.85. The highest BCUT2D eigenvalue weighted by Gasteiger charge is 2.24. The first-order valence-electron chi connectivity index (χ1n) is 6.96. The van der Waals surface area contributed by atoms with Crippen LogP contribution in [0.4, 0.5) is 6.01 Å². The van der Waals surface area contributed by atoms with Crippen molar-refractivity contribution in [2.45, 2.75) is 25.8 Å². The van der Waals surface area contributed by atoms with Gasteiger partial charge in [0.15, 0.2) is 0 Å². The number of nitrogens with zero attached hydrogens (tertiary/aromatic N) is 3. The summed E-state index contributed by atoms with van der Waals surface area (Å²) >= 11 is 0. The number of hydrogen-bond acceptors (Lipinski definition) is 5. The van der Waals surface area contributed by atoms with Crippen LogP contribution in [0.2, 0.25) is 0 Å². The third kappa shape index (κ3) is 3.81. The lowest BCUT2D eigenvalue weighted by Crippen LogP contribution is -2.32. The maximum atomic E-state index is 12.4. The number of amides is 1. The fourth-order valence-electron chi connectivity index (χ4n) is 1.94. The molecule has 6 heteroatoms. The van der Waals surface area contributed by atoms with Gasteiger partial charge in [-0.05, 0) is 12.0 Å². The van der Waals surface area contributed by atoms with Crippen molar-refractivity contribution in [1.82, 2.24) is 15.1 Å². The Kier molecular flexibility index (Phi) is 4.92. The summed E-state index contributed by atoms with van der Waals surface area (Å²) in [5.41, 5.74) is 0.853. The van der Waals surface area contributed by atoms with Crippen molar-refractivity contribution in [1.29, 1.82) is 0 Å². The molecule has 2 rings (SSSR count). The molecule has 1 aromatic heterocycles. The quantitative estimate of drug-likeness (QED) is 0.882. The largest absolute Gasteiger partial charge is 0.408 e. The van der Waals surface area contributed by atoms with Crippen LogP contribution >= 0.6 is 0 Å². The number of anilines is 1. The van der Waals surface area contributed by atoms with Gasteiger partial charge in [-0.25, -0.2) is 0 Å². The van der Waals surface area contributed by atoms with Gasteiger partial charge in [0.25, 0.3) is 0 Å². The van der Waals surface area contributed by atoms with Crippen molar-refractivity contribution in [3.8, 4) is 0 Å². The molecule has 1 N–H and O–H groups in total. The number of carbonyl (C=O) groups is 1. The molecule has 1 amide bonds. The van der Waals surface area contributed by atoms with Gasteiger partial charge in [-0.1, -0.05) is 42.4 Å². The highest BCUT2D eigenvalue weighted by Crippen LogP contribution is 2.20. The number of aromatic nitrogens is 2. The molecule has 0 aliphatic heterocycles. The average molecular weight is 288 g/mol. The monoisotopic (exact) mass is 288 g/mol. The van der Waals surface area contributed by atoms with Gasteiger partial charge in [-0.3, -0.25) is 4.79 Å². The maximum Gasteiger partial charge on any atom is 0.316 e. The third-order valence-corrected chi connectivity index (χ3v) is 3.02. The van der Waals surface area contributed by atoms with E-state index in [4.69, 9.17) is 4.42 Å². The predicted molar refractivity (Wildman–Crippen MR) is 79.8 cm³/mol. The van der Waals surface area contributed by atoms with Gasteiger partial charge in [0.1, 0.15) is 6.04 Å². The molecular weight excluding hydrogens is 268 g/mol. The van der Waals surface area contributed by atoms with E-state index in [1.807, 2.05) is 37.3 Å². The maximum absolute atomic E-state index is 12.4. The Morgan fingerprint density at radius 3 is 2.62 bits per heavy atom. The van der Waals surface area contributed by atoms with Gasteiger partial charge >= 0.3 is 6.01 Å². The van der Waals surface area contributed by atoms with E-state index >= 15 is 0 Å². The zero-order valence-corrected chi connectivity index (χ0v) is 12.5. The number of likely N-dealkylation sites (N-methyl/N-ethyl adjacent to an activating group) is 1. The highest BCUT2D eigenvalue weighted by atomic mass is 16.4. The summed E-state index contributed by atoms with van der Waals surface area (Å²) in [6.45, 7) is 2.04. The van der Waals surface area contributed by atoms with Gasteiger partial charge in [0.2, 0.25) is 11.8 Å². The standard InChI is InChI=1S/C15H20N4O2/c1-4-8-12-17-18-15(21-12)16-13(14(20)19(2)3)11-9-6-5-7-10-11/h5-7,9-10,13H,4,8H2,1-3H3,(H,16,18)/t13-/m1/s1. The molecule has 0 saturated carbocycles. The minimum atomic E-state index is -0.545. The molecule has 2 aromatic rings. The number of benzene rings is 1. The number of aryl methyl sites for hydroxylation is 1. The first-order chi connectivity index (χ1) is 10.1. The smallest absolute Gasteiger partial charge is 0.316 e. The lowest BCUT2D eigenvalue weighted by molar-refractivity contribution is -0.129. The van der Waals surface area contributed by atoms with Crippen molar-refractivity contribution in [3.05, 3.63) is 41.8 Å². The first kappa shape index (κ1) is 15.0. The molecule has 0 fully saturated rings. The molecule has 0 saturated heterocycles. The molecule has 0 unspecified atom stereocenters. The van der Waals surface area contributed by atoms with Crippen molar-refractivity contribution < 1.29 is 9.21 Å². The summed E-state index contributed by atoms with van der Waals surface area (Å²) < 4.78 is 5.50. The lowest BCUT2D eigenvalue weighted by Gasteiger charge is -2.21. The van der Waals surface area contributed by atoms with E-state index in [9.17, 15) is 4.79 Å². The van der Waals surface area contributed by atoms with Gasteiger partial charge in [0.05, 0.1) is 0 Å². The SMILES string of the molecule is CCCc1nnc(N[C@@H](C(=O)N(C)C)c2ccccc2)o1. The molecule has 0 aliphatic carbocycles. The van der Waals surface area contributed by atoms with Crippen LogP contribution in [0.5, 0.6) is 0 Å². The van der Waals surface area contributed by atoms with Crippen LogP contribution < -0.4 is 5.32 Å². The molecule has 112 valence electrons. The molecule has 0 aliphatic rings. The first-order valence-corrected chi connectivity index (χ1v) is 6.96.